The van der Waals surface area contributed by atoms with Crippen LogP contribution in [-0.2, 0) is 10.0 Å². The van der Waals surface area contributed by atoms with Gasteiger partial charge in [0, 0.05) is 45.3 Å². The van der Waals surface area contributed by atoms with Gasteiger partial charge in [-0.25, -0.2) is 18.4 Å². The topological polar surface area (TPSA) is 69.6 Å². The predicted molar refractivity (Wildman–Crippen MR) is 115 cm³/mol. The Morgan fingerprint density at radius 1 is 0.724 bits per heavy atom. The van der Waals surface area contributed by atoms with Crippen LogP contribution in [0.4, 0.5) is 11.6 Å². The summed E-state index contributed by atoms with van der Waals surface area (Å²) < 4.78 is 28.0. The molecule has 0 bridgehead atoms. The molecule has 1 aromatic carbocycles. The highest BCUT2D eigenvalue weighted by Crippen LogP contribution is 2.26. The van der Waals surface area contributed by atoms with Crippen LogP contribution in [-0.4, -0.2) is 62.0 Å². The van der Waals surface area contributed by atoms with Crippen molar-refractivity contribution in [3.63, 3.8) is 0 Å². The zero-order valence-corrected chi connectivity index (χ0v) is 18.2. The van der Waals surface area contributed by atoms with Crippen molar-refractivity contribution in [2.75, 3.05) is 49.1 Å². The highest BCUT2D eigenvalue weighted by Gasteiger charge is 2.30. The van der Waals surface area contributed by atoms with Gasteiger partial charge in [0.1, 0.15) is 18.0 Å². The minimum atomic E-state index is -3.49. The van der Waals surface area contributed by atoms with E-state index < -0.39 is 10.0 Å². The standard InChI is InChI=1S/C21H29N5O2S/c1-16-12-18(3)19(13-17(16)2)29(27,28)26-10-8-25(9-11-26)21-14-20(22-15-23-21)24-6-4-5-7-24/h12-15H,4-11H2,1-3H3. The van der Waals surface area contributed by atoms with E-state index in [1.807, 2.05) is 32.9 Å². The number of piperazine rings is 1. The number of aryl methyl sites for hydroxylation is 3. The van der Waals surface area contributed by atoms with E-state index in [4.69, 9.17) is 0 Å². The molecule has 0 atom stereocenters. The van der Waals surface area contributed by atoms with Crippen LogP contribution in [0, 0.1) is 20.8 Å². The summed E-state index contributed by atoms with van der Waals surface area (Å²) in [6.45, 7) is 10.1. The van der Waals surface area contributed by atoms with E-state index in [0.29, 0.717) is 31.1 Å². The number of rotatable bonds is 4. The van der Waals surface area contributed by atoms with Crippen molar-refractivity contribution in [1.82, 2.24) is 14.3 Å². The zero-order chi connectivity index (χ0) is 20.6. The van der Waals surface area contributed by atoms with Crippen molar-refractivity contribution in [2.24, 2.45) is 0 Å². The lowest BCUT2D eigenvalue weighted by molar-refractivity contribution is 0.383. The molecule has 0 amide bonds. The molecule has 1 aromatic heterocycles. The molecule has 2 aliphatic rings. The van der Waals surface area contributed by atoms with Crippen LogP contribution in [0.15, 0.2) is 29.4 Å². The Morgan fingerprint density at radius 3 is 1.90 bits per heavy atom. The number of anilines is 2. The molecule has 0 saturated carbocycles. The first kappa shape index (κ1) is 20.1. The lowest BCUT2D eigenvalue weighted by atomic mass is 10.1. The Balaban J connectivity index is 1.48. The molecular weight excluding hydrogens is 386 g/mol. The van der Waals surface area contributed by atoms with Crippen molar-refractivity contribution in [1.29, 1.82) is 0 Å². The van der Waals surface area contributed by atoms with Gasteiger partial charge in [-0.05, 0) is 56.4 Å². The van der Waals surface area contributed by atoms with E-state index in [1.54, 1.807) is 16.7 Å². The van der Waals surface area contributed by atoms with Gasteiger partial charge in [-0.15, -0.1) is 0 Å². The van der Waals surface area contributed by atoms with Crippen LogP contribution >= 0.6 is 0 Å². The highest BCUT2D eigenvalue weighted by atomic mass is 32.2. The van der Waals surface area contributed by atoms with E-state index in [1.165, 1.54) is 12.8 Å². The molecule has 7 nitrogen and oxygen atoms in total. The normalized spacial score (nSPS) is 18.4. The molecule has 0 spiro atoms. The summed E-state index contributed by atoms with van der Waals surface area (Å²) in [5, 5.41) is 0. The molecule has 2 saturated heterocycles. The Morgan fingerprint density at radius 2 is 1.28 bits per heavy atom. The molecule has 29 heavy (non-hydrogen) atoms. The lowest BCUT2D eigenvalue weighted by Gasteiger charge is -2.35. The van der Waals surface area contributed by atoms with Gasteiger partial charge >= 0.3 is 0 Å². The van der Waals surface area contributed by atoms with E-state index in [2.05, 4.69) is 19.8 Å². The quantitative estimate of drug-likeness (QED) is 0.764. The van der Waals surface area contributed by atoms with Crippen molar-refractivity contribution >= 4 is 21.7 Å². The number of aromatic nitrogens is 2. The number of benzene rings is 1. The summed E-state index contributed by atoms with van der Waals surface area (Å²) in [7, 11) is -3.49. The molecule has 2 fully saturated rings. The van der Waals surface area contributed by atoms with E-state index in [9.17, 15) is 8.42 Å². The van der Waals surface area contributed by atoms with Crippen LogP contribution in [0.5, 0.6) is 0 Å². The van der Waals surface area contributed by atoms with Crippen LogP contribution in [0.25, 0.3) is 0 Å². The summed E-state index contributed by atoms with van der Waals surface area (Å²) in [4.78, 5) is 13.7. The highest BCUT2D eigenvalue weighted by molar-refractivity contribution is 7.89. The van der Waals surface area contributed by atoms with Crippen molar-refractivity contribution in [2.45, 2.75) is 38.5 Å². The number of hydrogen-bond donors (Lipinski definition) is 0. The maximum atomic E-state index is 13.2. The summed E-state index contributed by atoms with van der Waals surface area (Å²) in [5.74, 6) is 1.84. The molecule has 0 N–H and O–H groups in total. The fraction of sp³-hybridized carbons (Fsp3) is 0.524. The third-order valence-electron chi connectivity index (χ3n) is 6.04. The zero-order valence-electron chi connectivity index (χ0n) is 17.4. The van der Waals surface area contributed by atoms with Crippen molar-refractivity contribution in [3.05, 3.63) is 41.2 Å². The summed E-state index contributed by atoms with van der Waals surface area (Å²) in [6.07, 6.45) is 4.02. The Bertz CT molecular complexity index is 994. The van der Waals surface area contributed by atoms with Crippen LogP contribution < -0.4 is 9.80 Å². The molecule has 156 valence electrons. The molecule has 0 radical (unpaired) electrons. The third-order valence-corrected chi connectivity index (χ3v) is 8.08. The van der Waals surface area contributed by atoms with Gasteiger partial charge in [0.25, 0.3) is 0 Å². The maximum Gasteiger partial charge on any atom is 0.243 e. The van der Waals surface area contributed by atoms with Crippen molar-refractivity contribution < 1.29 is 8.42 Å². The molecule has 8 heteroatoms. The second kappa shape index (κ2) is 7.91. The first-order valence-electron chi connectivity index (χ1n) is 10.3. The van der Waals surface area contributed by atoms with E-state index in [0.717, 1.165) is 41.4 Å². The predicted octanol–water partition coefficient (Wildman–Crippen LogP) is 2.51. The largest absolute Gasteiger partial charge is 0.356 e. The minimum Gasteiger partial charge on any atom is -0.356 e. The molecule has 0 unspecified atom stereocenters. The summed E-state index contributed by atoms with van der Waals surface area (Å²) in [6, 6.07) is 5.79. The van der Waals surface area contributed by atoms with E-state index >= 15 is 0 Å². The Labute approximate surface area is 173 Å². The fourth-order valence-electron chi connectivity index (χ4n) is 4.14. The number of sulfonamides is 1. The first-order chi connectivity index (χ1) is 13.9. The molecule has 2 aliphatic heterocycles. The first-order valence-corrected chi connectivity index (χ1v) is 11.7. The molecular formula is C21H29N5O2S. The monoisotopic (exact) mass is 415 g/mol. The van der Waals surface area contributed by atoms with Gasteiger partial charge in [0.2, 0.25) is 10.0 Å². The Hall–Kier alpha value is -2.19. The van der Waals surface area contributed by atoms with Gasteiger partial charge < -0.3 is 9.80 Å². The van der Waals surface area contributed by atoms with Crippen LogP contribution in [0.2, 0.25) is 0 Å². The average molecular weight is 416 g/mol. The van der Waals surface area contributed by atoms with Crippen LogP contribution in [0.3, 0.4) is 0 Å². The van der Waals surface area contributed by atoms with Crippen LogP contribution in [0.1, 0.15) is 29.5 Å². The van der Waals surface area contributed by atoms with Gasteiger partial charge in [-0.2, -0.15) is 4.31 Å². The average Bonchev–Trinajstić information content (AvgIpc) is 3.26. The fourth-order valence-corrected chi connectivity index (χ4v) is 5.85. The second-order valence-corrected chi connectivity index (χ2v) is 9.93. The van der Waals surface area contributed by atoms with E-state index in [-0.39, 0.29) is 0 Å². The van der Waals surface area contributed by atoms with Gasteiger partial charge in [-0.3, -0.25) is 0 Å². The van der Waals surface area contributed by atoms with Gasteiger partial charge in [0.05, 0.1) is 4.90 Å². The Kier molecular flexibility index (Phi) is 5.48. The molecule has 4 rings (SSSR count). The van der Waals surface area contributed by atoms with Gasteiger partial charge in [0.15, 0.2) is 0 Å². The van der Waals surface area contributed by atoms with Gasteiger partial charge in [-0.1, -0.05) is 6.07 Å². The maximum absolute atomic E-state index is 13.2. The smallest absolute Gasteiger partial charge is 0.243 e. The summed E-state index contributed by atoms with van der Waals surface area (Å²) >= 11 is 0. The third kappa shape index (κ3) is 3.96. The lowest BCUT2D eigenvalue weighted by Crippen LogP contribution is -2.49. The molecule has 3 heterocycles. The molecule has 2 aromatic rings. The second-order valence-electron chi connectivity index (χ2n) is 8.02. The SMILES string of the molecule is Cc1cc(C)c(S(=O)(=O)N2CCN(c3cc(N4CCCC4)ncn3)CC2)cc1C. The molecule has 0 aliphatic carbocycles. The number of hydrogen-bond acceptors (Lipinski definition) is 6. The van der Waals surface area contributed by atoms with Crippen molar-refractivity contribution in [3.8, 4) is 0 Å². The summed E-state index contributed by atoms with van der Waals surface area (Å²) in [5.41, 5.74) is 2.92. The number of nitrogens with zero attached hydrogens (tertiary/aromatic N) is 5. The minimum absolute atomic E-state index is 0.424.